The Bertz CT molecular complexity index is 3560. The largest absolute Gasteiger partial charge is 0.277 e. The molecule has 0 fully saturated rings. The fourth-order valence-corrected chi connectivity index (χ4v) is 8.66. The molecule has 0 N–H and O–H groups in total. The lowest BCUT2D eigenvalue weighted by Gasteiger charge is -2.13. The zero-order chi connectivity index (χ0) is 41.7. The van der Waals surface area contributed by atoms with Gasteiger partial charge in [0.15, 0.2) is 23.3 Å². The van der Waals surface area contributed by atoms with Crippen LogP contribution in [0.15, 0.2) is 218 Å². The minimum atomic E-state index is 0.622. The van der Waals surface area contributed by atoms with Crippen molar-refractivity contribution in [1.29, 1.82) is 0 Å². The maximum Gasteiger partial charge on any atom is 0.164 e. The normalized spacial score (nSPS) is 11.5. The molecule has 12 rings (SSSR count). The molecule has 0 saturated heterocycles. The first-order chi connectivity index (χ1) is 31.2. The standard InChI is InChI=1S/C57H36N6/c1-3-15-42(16-4-1)53-61-56(44-17-5-2-6-18-44)63-51(49-21-11-12-22-50(49)57(63)62-53)41-29-23-39(24-30-41)40-25-31-43(32-26-40)52-58-54(47-33-27-37-13-7-9-19-45(37)35-47)60-55(59-52)48-34-28-38-14-8-10-20-46(38)36-48/h1-36H. The summed E-state index contributed by atoms with van der Waals surface area (Å²) in [7, 11) is 0. The Morgan fingerprint density at radius 2 is 0.651 bits per heavy atom. The van der Waals surface area contributed by atoms with Crippen LogP contribution in [0.3, 0.4) is 0 Å². The Morgan fingerprint density at radius 3 is 1.22 bits per heavy atom. The summed E-state index contributed by atoms with van der Waals surface area (Å²) < 4.78 is 2.23. The molecule has 3 aromatic heterocycles. The SMILES string of the molecule is c1ccc(-c2nc(-c3ccccc3)n3c(-c4ccc(-c5ccc(-c6nc(-c7ccc8ccccc8c7)nc(-c7ccc8ccccc8c7)n6)cc5)cc4)c4ccccc4c3n2)cc1. The molecule has 294 valence electrons. The van der Waals surface area contributed by atoms with Crippen molar-refractivity contribution in [2.45, 2.75) is 0 Å². The molecule has 0 amide bonds. The van der Waals surface area contributed by atoms with Gasteiger partial charge >= 0.3 is 0 Å². The number of nitrogens with zero attached hydrogens (tertiary/aromatic N) is 6. The second kappa shape index (κ2) is 15.1. The van der Waals surface area contributed by atoms with Crippen molar-refractivity contribution in [2.24, 2.45) is 0 Å². The molecule has 0 radical (unpaired) electrons. The topological polar surface area (TPSA) is 68.9 Å². The van der Waals surface area contributed by atoms with E-state index in [1.807, 2.05) is 24.3 Å². The zero-order valence-electron chi connectivity index (χ0n) is 34.0. The third kappa shape index (κ3) is 6.58. The summed E-state index contributed by atoms with van der Waals surface area (Å²) >= 11 is 0. The number of aromatic nitrogens is 6. The minimum Gasteiger partial charge on any atom is -0.277 e. The Hall–Kier alpha value is -8.61. The van der Waals surface area contributed by atoms with Gasteiger partial charge in [0.1, 0.15) is 11.5 Å². The van der Waals surface area contributed by atoms with E-state index in [2.05, 4.69) is 199 Å². The summed E-state index contributed by atoms with van der Waals surface area (Å²) in [6, 6.07) is 75.9. The van der Waals surface area contributed by atoms with Crippen molar-refractivity contribution < 1.29 is 0 Å². The van der Waals surface area contributed by atoms with Crippen molar-refractivity contribution in [1.82, 2.24) is 29.3 Å². The highest BCUT2D eigenvalue weighted by Gasteiger charge is 2.21. The molecule has 0 aliphatic rings. The molecular formula is C57H36N6. The van der Waals surface area contributed by atoms with Gasteiger partial charge in [-0.05, 0) is 50.4 Å². The predicted octanol–water partition coefficient (Wildman–Crippen LogP) is 14.0. The average molecular weight is 805 g/mol. The summed E-state index contributed by atoms with van der Waals surface area (Å²) in [6.45, 7) is 0. The molecule has 63 heavy (non-hydrogen) atoms. The van der Waals surface area contributed by atoms with Crippen molar-refractivity contribution >= 4 is 38.0 Å². The molecule has 0 unspecified atom stereocenters. The molecule has 0 aliphatic heterocycles. The Balaban J connectivity index is 0.933. The lowest BCUT2D eigenvalue weighted by molar-refractivity contribution is 1.05. The van der Waals surface area contributed by atoms with E-state index in [9.17, 15) is 0 Å². The van der Waals surface area contributed by atoms with Gasteiger partial charge in [-0.2, -0.15) is 0 Å². The molecule has 0 bridgehead atoms. The average Bonchev–Trinajstić information content (AvgIpc) is 3.70. The Labute approximate surface area is 363 Å². The summed E-state index contributed by atoms with van der Waals surface area (Å²) in [6.07, 6.45) is 0. The quantitative estimate of drug-likeness (QED) is 0.160. The van der Waals surface area contributed by atoms with E-state index in [1.165, 1.54) is 10.8 Å². The number of rotatable bonds is 7. The van der Waals surface area contributed by atoms with Crippen LogP contribution in [0.25, 0.3) is 117 Å². The highest BCUT2D eigenvalue weighted by molar-refractivity contribution is 6.06. The van der Waals surface area contributed by atoms with Gasteiger partial charge in [-0.25, -0.2) is 24.9 Å². The van der Waals surface area contributed by atoms with Gasteiger partial charge < -0.3 is 0 Å². The van der Waals surface area contributed by atoms with E-state index in [4.69, 9.17) is 24.9 Å². The first-order valence-electron chi connectivity index (χ1n) is 21.1. The Kier molecular flexibility index (Phi) is 8.71. The lowest BCUT2D eigenvalue weighted by atomic mass is 10.00. The first-order valence-corrected chi connectivity index (χ1v) is 21.1. The molecule has 0 atom stereocenters. The zero-order valence-corrected chi connectivity index (χ0v) is 34.0. The van der Waals surface area contributed by atoms with E-state index in [1.54, 1.807) is 0 Å². The molecule has 0 saturated carbocycles. The van der Waals surface area contributed by atoms with Gasteiger partial charge in [0, 0.05) is 38.6 Å². The second-order valence-electron chi connectivity index (χ2n) is 15.7. The van der Waals surface area contributed by atoms with Gasteiger partial charge in [0.2, 0.25) is 0 Å². The van der Waals surface area contributed by atoms with Crippen LogP contribution in [-0.2, 0) is 0 Å². The van der Waals surface area contributed by atoms with Gasteiger partial charge in [-0.3, -0.25) is 4.40 Å². The fourth-order valence-electron chi connectivity index (χ4n) is 8.66. The molecular weight excluding hydrogens is 769 g/mol. The van der Waals surface area contributed by atoms with Crippen LogP contribution < -0.4 is 0 Å². The summed E-state index contributed by atoms with van der Waals surface area (Å²) in [5, 5.41) is 6.82. The van der Waals surface area contributed by atoms with Crippen molar-refractivity contribution in [3.63, 3.8) is 0 Å². The summed E-state index contributed by atoms with van der Waals surface area (Å²) in [5.41, 5.74) is 10.00. The third-order valence-electron chi connectivity index (χ3n) is 11.8. The van der Waals surface area contributed by atoms with Gasteiger partial charge in [-0.15, -0.1) is 0 Å². The maximum atomic E-state index is 5.23. The van der Waals surface area contributed by atoms with Crippen LogP contribution in [0.4, 0.5) is 0 Å². The number of fused-ring (bicyclic) bond motifs is 5. The molecule has 0 aliphatic carbocycles. The third-order valence-corrected chi connectivity index (χ3v) is 11.8. The van der Waals surface area contributed by atoms with Crippen molar-refractivity contribution in [3.8, 4) is 79.3 Å². The second-order valence-corrected chi connectivity index (χ2v) is 15.7. The highest BCUT2D eigenvalue weighted by Crippen LogP contribution is 2.39. The van der Waals surface area contributed by atoms with Crippen molar-refractivity contribution in [2.75, 3.05) is 0 Å². The minimum absolute atomic E-state index is 0.622. The summed E-state index contributed by atoms with van der Waals surface area (Å²) in [4.78, 5) is 25.6. The van der Waals surface area contributed by atoms with E-state index in [0.717, 1.165) is 83.2 Å². The Morgan fingerprint density at radius 1 is 0.254 bits per heavy atom. The number of hydrogen-bond acceptors (Lipinski definition) is 5. The van der Waals surface area contributed by atoms with Crippen LogP contribution in [0, 0.1) is 0 Å². The van der Waals surface area contributed by atoms with Crippen LogP contribution in [-0.4, -0.2) is 29.3 Å². The first kappa shape index (κ1) is 36.3. The molecule has 3 heterocycles. The van der Waals surface area contributed by atoms with Crippen LogP contribution >= 0.6 is 0 Å². The summed E-state index contributed by atoms with van der Waals surface area (Å²) in [5.74, 6) is 3.43. The van der Waals surface area contributed by atoms with Crippen molar-refractivity contribution in [3.05, 3.63) is 218 Å². The van der Waals surface area contributed by atoms with E-state index in [-0.39, 0.29) is 0 Å². The molecule has 6 heteroatoms. The van der Waals surface area contributed by atoms with E-state index < -0.39 is 0 Å². The van der Waals surface area contributed by atoms with E-state index >= 15 is 0 Å². The molecule has 9 aromatic carbocycles. The van der Waals surface area contributed by atoms with Gasteiger partial charge in [0.05, 0.1) is 5.69 Å². The predicted molar refractivity (Wildman–Crippen MR) is 257 cm³/mol. The number of hydrogen-bond donors (Lipinski definition) is 0. The number of benzene rings is 9. The van der Waals surface area contributed by atoms with Gasteiger partial charge in [-0.1, -0.05) is 206 Å². The van der Waals surface area contributed by atoms with Gasteiger partial charge in [0.25, 0.3) is 0 Å². The van der Waals surface area contributed by atoms with E-state index in [0.29, 0.717) is 23.3 Å². The molecule has 6 nitrogen and oxygen atoms in total. The van der Waals surface area contributed by atoms with Crippen LogP contribution in [0.5, 0.6) is 0 Å². The lowest BCUT2D eigenvalue weighted by Crippen LogP contribution is -2.03. The van der Waals surface area contributed by atoms with Crippen LogP contribution in [0.2, 0.25) is 0 Å². The van der Waals surface area contributed by atoms with Crippen LogP contribution in [0.1, 0.15) is 0 Å². The maximum absolute atomic E-state index is 5.23. The molecule has 12 aromatic rings. The highest BCUT2D eigenvalue weighted by atomic mass is 15.1. The fraction of sp³-hybridized carbons (Fsp3) is 0. The monoisotopic (exact) mass is 804 g/mol. The smallest absolute Gasteiger partial charge is 0.164 e. The molecule has 0 spiro atoms.